The van der Waals surface area contributed by atoms with Crippen LogP contribution < -0.4 is 5.32 Å². The van der Waals surface area contributed by atoms with Crippen LogP contribution in [0.25, 0.3) is 0 Å². The highest BCUT2D eigenvalue weighted by Crippen LogP contribution is 2.28. The molecule has 3 heteroatoms. The Hall–Kier alpha value is -0.120. The first-order valence-electron chi connectivity index (χ1n) is 6.38. The lowest BCUT2D eigenvalue weighted by atomic mass is 9.87. The zero-order valence-corrected chi connectivity index (χ0v) is 10.0. The second-order valence-corrected chi connectivity index (χ2v) is 4.88. The zero-order valence-electron chi connectivity index (χ0n) is 10.0. The molecule has 0 radical (unpaired) electrons. The topological polar surface area (TPSA) is 24.5 Å². The van der Waals surface area contributed by atoms with Gasteiger partial charge in [0.15, 0.2) is 0 Å². The molecule has 1 atom stereocenters. The molecule has 0 amide bonds. The second kappa shape index (κ2) is 5.28. The maximum absolute atomic E-state index is 5.61. The van der Waals surface area contributed by atoms with Crippen LogP contribution in [0.15, 0.2) is 0 Å². The summed E-state index contributed by atoms with van der Waals surface area (Å²) < 4.78 is 5.61. The summed E-state index contributed by atoms with van der Waals surface area (Å²) in [5, 5.41) is 3.54. The average molecular weight is 212 g/mol. The zero-order chi connectivity index (χ0) is 10.7. The smallest absolute Gasteiger partial charge is 0.0604 e. The third kappa shape index (κ3) is 2.92. The molecular weight excluding hydrogens is 188 g/mol. The lowest BCUT2D eigenvalue weighted by Gasteiger charge is -2.42. The minimum Gasteiger partial charge on any atom is -0.378 e. The number of nitrogens with one attached hydrogen (secondary N) is 1. The molecule has 1 aliphatic carbocycles. The molecule has 2 rings (SSSR count). The van der Waals surface area contributed by atoms with Crippen LogP contribution in [-0.2, 0) is 4.74 Å². The van der Waals surface area contributed by atoms with E-state index in [1.807, 2.05) is 0 Å². The Morgan fingerprint density at radius 1 is 1.33 bits per heavy atom. The molecule has 15 heavy (non-hydrogen) atoms. The summed E-state index contributed by atoms with van der Waals surface area (Å²) in [6.45, 7) is 8.87. The Bertz CT molecular complexity index is 192. The van der Waals surface area contributed by atoms with E-state index in [1.54, 1.807) is 0 Å². The summed E-state index contributed by atoms with van der Waals surface area (Å²) in [5.41, 5.74) is 0. The number of nitrogens with zero attached hydrogens (tertiary/aromatic N) is 1. The Labute approximate surface area is 93.2 Å². The van der Waals surface area contributed by atoms with Crippen molar-refractivity contribution in [3.8, 4) is 0 Å². The molecule has 3 nitrogen and oxygen atoms in total. The van der Waals surface area contributed by atoms with Gasteiger partial charge in [0, 0.05) is 31.8 Å². The molecule has 0 spiro atoms. The van der Waals surface area contributed by atoms with E-state index in [-0.39, 0.29) is 0 Å². The van der Waals surface area contributed by atoms with Crippen molar-refractivity contribution in [2.45, 2.75) is 51.3 Å². The Morgan fingerprint density at radius 3 is 2.87 bits per heavy atom. The Balaban J connectivity index is 1.71. The number of ether oxygens (including phenoxy) is 1. The molecule has 0 aromatic rings. The molecule has 1 aliphatic heterocycles. The number of hydrogen-bond donors (Lipinski definition) is 1. The van der Waals surface area contributed by atoms with Crippen molar-refractivity contribution in [2.24, 2.45) is 0 Å². The molecule has 0 aromatic heterocycles. The summed E-state index contributed by atoms with van der Waals surface area (Å²) in [5.74, 6) is 0. The van der Waals surface area contributed by atoms with Gasteiger partial charge in [-0.05, 0) is 39.7 Å². The average Bonchev–Trinajstić information content (AvgIpc) is 2.36. The molecule has 88 valence electrons. The van der Waals surface area contributed by atoms with Gasteiger partial charge in [0.25, 0.3) is 0 Å². The molecular formula is C12H24N2O. The SMILES string of the molecule is CCOC1CC(N2CCNC(C)CC2)C1. The van der Waals surface area contributed by atoms with Crippen LogP contribution in [0.1, 0.15) is 33.1 Å². The van der Waals surface area contributed by atoms with E-state index in [9.17, 15) is 0 Å². The monoisotopic (exact) mass is 212 g/mol. The van der Waals surface area contributed by atoms with Gasteiger partial charge in [-0.25, -0.2) is 0 Å². The molecule has 1 heterocycles. The summed E-state index contributed by atoms with van der Waals surface area (Å²) in [6, 6.07) is 1.49. The minimum atomic E-state index is 0.550. The predicted molar refractivity (Wildman–Crippen MR) is 62.1 cm³/mol. The van der Waals surface area contributed by atoms with E-state index in [4.69, 9.17) is 4.74 Å². The van der Waals surface area contributed by atoms with Crippen LogP contribution >= 0.6 is 0 Å². The third-order valence-electron chi connectivity index (χ3n) is 3.73. The van der Waals surface area contributed by atoms with Gasteiger partial charge in [0.1, 0.15) is 0 Å². The van der Waals surface area contributed by atoms with Crippen molar-refractivity contribution in [3.63, 3.8) is 0 Å². The highest BCUT2D eigenvalue weighted by atomic mass is 16.5. The quantitative estimate of drug-likeness (QED) is 0.762. The summed E-state index contributed by atoms with van der Waals surface area (Å²) in [6.07, 6.45) is 4.34. The van der Waals surface area contributed by atoms with Crippen LogP contribution in [0.5, 0.6) is 0 Å². The fourth-order valence-electron chi connectivity index (χ4n) is 2.60. The molecule has 1 saturated heterocycles. The molecule has 1 unspecified atom stereocenters. The summed E-state index contributed by atoms with van der Waals surface area (Å²) >= 11 is 0. The molecule has 1 N–H and O–H groups in total. The van der Waals surface area contributed by atoms with Crippen LogP contribution in [0, 0.1) is 0 Å². The molecule has 0 bridgehead atoms. The van der Waals surface area contributed by atoms with Crippen LogP contribution in [-0.4, -0.2) is 49.3 Å². The maximum Gasteiger partial charge on any atom is 0.0604 e. The normalized spacial score (nSPS) is 38.4. The molecule has 1 saturated carbocycles. The van der Waals surface area contributed by atoms with Crippen LogP contribution in [0.2, 0.25) is 0 Å². The van der Waals surface area contributed by atoms with Gasteiger partial charge in [0.2, 0.25) is 0 Å². The second-order valence-electron chi connectivity index (χ2n) is 4.88. The van der Waals surface area contributed by atoms with Gasteiger partial charge in [-0.3, -0.25) is 4.90 Å². The Kier molecular flexibility index (Phi) is 4.00. The van der Waals surface area contributed by atoms with E-state index in [0.717, 1.165) is 19.2 Å². The van der Waals surface area contributed by atoms with Crippen molar-refractivity contribution >= 4 is 0 Å². The van der Waals surface area contributed by atoms with Crippen molar-refractivity contribution in [1.29, 1.82) is 0 Å². The van der Waals surface area contributed by atoms with Crippen molar-refractivity contribution in [2.75, 3.05) is 26.2 Å². The maximum atomic E-state index is 5.61. The van der Waals surface area contributed by atoms with Crippen molar-refractivity contribution < 1.29 is 4.74 Å². The van der Waals surface area contributed by atoms with E-state index in [1.165, 1.54) is 32.4 Å². The van der Waals surface area contributed by atoms with E-state index < -0.39 is 0 Å². The van der Waals surface area contributed by atoms with Crippen molar-refractivity contribution in [3.05, 3.63) is 0 Å². The fraction of sp³-hybridized carbons (Fsp3) is 1.00. The number of rotatable bonds is 3. The van der Waals surface area contributed by atoms with E-state index in [2.05, 4.69) is 24.1 Å². The highest BCUT2D eigenvalue weighted by Gasteiger charge is 2.34. The molecule has 0 aromatic carbocycles. The van der Waals surface area contributed by atoms with Gasteiger partial charge >= 0.3 is 0 Å². The lowest BCUT2D eigenvalue weighted by molar-refractivity contribution is -0.0449. The fourth-order valence-corrected chi connectivity index (χ4v) is 2.60. The third-order valence-corrected chi connectivity index (χ3v) is 3.73. The van der Waals surface area contributed by atoms with Gasteiger partial charge in [0.05, 0.1) is 6.10 Å². The van der Waals surface area contributed by atoms with Crippen LogP contribution in [0.4, 0.5) is 0 Å². The minimum absolute atomic E-state index is 0.550. The Morgan fingerprint density at radius 2 is 2.13 bits per heavy atom. The lowest BCUT2D eigenvalue weighted by Crippen LogP contribution is -2.49. The molecule has 2 fully saturated rings. The van der Waals surface area contributed by atoms with Gasteiger partial charge in [-0.2, -0.15) is 0 Å². The van der Waals surface area contributed by atoms with Gasteiger partial charge in [-0.1, -0.05) is 0 Å². The molecule has 2 aliphatic rings. The van der Waals surface area contributed by atoms with Crippen LogP contribution in [0.3, 0.4) is 0 Å². The van der Waals surface area contributed by atoms with Gasteiger partial charge in [-0.15, -0.1) is 0 Å². The number of hydrogen-bond acceptors (Lipinski definition) is 3. The first kappa shape index (κ1) is 11.4. The highest BCUT2D eigenvalue weighted by molar-refractivity contribution is 4.89. The van der Waals surface area contributed by atoms with E-state index >= 15 is 0 Å². The first-order valence-corrected chi connectivity index (χ1v) is 6.38. The standard InChI is InChI=1S/C12H24N2O/c1-3-15-12-8-11(9-12)14-6-4-10(2)13-5-7-14/h10-13H,3-9H2,1-2H3. The summed E-state index contributed by atoms with van der Waals surface area (Å²) in [7, 11) is 0. The predicted octanol–water partition coefficient (Wildman–Crippen LogP) is 1.24. The largest absolute Gasteiger partial charge is 0.378 e. The first-order chi connectivity index (χ1) is 7.29. The van der Waals surface area contributed by atoms with Gasteiger partial charge < -0.3 is 10.1 Å². The van der Waals surface area contributed by atoms with E-state index in [0.29, 0.717) is 12.1 Å². The van der Waals surface area contributed by atoms with Crippen molar-refractivity contribution in [1.82, 2.24) is 10.2 Å². The summed E-state index contributed by atoms with van der Waals surface area (Å²) in [4.78, 5) is 2.64.